The second-order valence-electron chi connectivity index (χ2n) is 15.1. The van der Waals surface area contributed by atoms with Crippen LogP contribution in [0.5, 0.6) is 0 Å². The number of rotatable bonds is 3. The summed E-state index contributed by atoms with van der Waals surface area (Å²) in [6, 6.07) is 67.0. The van der Waals surface area contributed by atoms with Crippen LogP contribution in [0, 0.1) is 0 Å². The highest BCUT2D eigenvalue weighted by atomic mass is 15.1. The van der Waals surface area contributed by atoms with Crippen LogP contribution < -0.4 is 0 Å². The molecule has 0 aliphatic carbocycles. The van der Waals surface area contributed by atoms with Crippen molar-refractivity contribution in [2.75, 3.05) is 0 Å². The van der Waals surface area contributed by atoms with E-state index < -0.39 is 0 Å². The van der Waals surface area contributed by atoms with Gasteiger partial charge in [0.05, 0.1) is 22.1 Å². The highest BCUT2D eigenvalue weighted by molar-refractivity contribution is 6.34. The zero-order valence-electron chi connectivity index (χ0n) is 30.2. The van der Waals surface area contributed by atoms with Gasteiger partial charge in [-0.3, -0.25) is 4.57 Å². The Kier molecular flexibility index (Phi) is 5.89. The van der Waals surface area contributed by atoms with Gasteiger partial charge in [-0.25, -0.2) is 4.98 Å². The summed E-state index contributed by atoms with van der Waals surface area (Å²) in [5.74, 6) is 0.919. The normalized spacial score (nSPS) is 12.3. The molecular weight excluding hydrogens is 679 g/mol. The monoisotopic (exact) mass is 709 g/mol. The van der Waals surface area contributed by atoms with E-state index in [2.05, 4.69) is 185 Å². The lowest BCUT2D eigenvalue weighted by molar-refractivity contribution is 1.08. The Morgan fingerprint density at radius 1 is 0.321 bits per heavy atom. The van der Waals surface area contributed by atoms with Crippen LogP contribution >= 0.6 is 0 Å². The molecule has 0 aliphatic heterocycles. The number of fused-ring (bicyclic) bond motifs is 11. The molecule has 0 N–H and O–H groups in total. The average Bonchev–Trinajstić information content (AvgIpc) is 3.79. The SMILES string of the molecule is c1ccc(-n2c3ccccc3c3c2cc2ccc4cccc5c4c2c3n5-c2ccc3cc(-c4ccc5c6ccccc6c6ccccc6c5c4)ccc3c2)nc1. The van der Waals surface area contributed by atoms with Gasteiger partial charge in [-0.2, -0.15) is 0 Å². The van der Waals surface area contributed by atoms with Gasteiger partial charge in [-0.1, -0.05) is 127 Å². The molecule has 13 aromatic rings. The van der Waals surface area contributed by atoms with Crippen molar-refractivity contribution in [1.29, 1.82) is 0 Å². The third-order valence-corrected chi connectivity index (χ3v) is 12.2. The predicted molar refractivity (Wildman–Crippen MR) is 237 cm³/mol. The van der Waals surface area contributed by atoms with Crippen molar-refractivity contribution in [2.24, 2.45) is 0 Å². The van der Waals surface area contributed by atoms with Crippen LogP contribution in [0.3, 0.4) is 0 Å². The number of aromatic nitrogens is 3. The molecule has 0 atom stereocenters. The maximum absolute atomic E-state index is 4.83. The Morgan fingerprint density at radius 3 is 1.75 bits per heavy atom. The van der Waals surface area contributed by atoms with Crippen LogP contribution in [0.4, 0.5) is 0 Å². The molecule has 0 bridgehead atoms. The van der Waals surface area contributed by atoms with Crippen LogP contribution in [0.1, 0.15) is 0 Å². The first-order valence-electron chi connectivity index (χ1n) is 19.3. The number of hydrogen-bond donors (Lipinski definition) is 0. The third-order valence-electron chi connectivity index (χ3n) is 12.2. The lowest BCUT2D eigenvalue weighted by Crippen LogP contribution is -1.97. The van der Waals surface area contributed by atoms with Crippen LogP contribution in [0.15, 0.2) is 188 Å². The van der Waals surface area contributed by atoms with Gasteiger partial charge in [0, 0.05) is 33.4 Å². The molecule has 0 saturated carbocycles. The lowest BCUT2D eigenvalue weighted by Gasteiger charge is -2.13. The molecule has 3 heteroatoms. The molecule has 0 radical (unpaired) electrons. The first-order valence-corrected chi connectivity index (χ1v) is 19.3. The summed E-state index contributed by atoms with van der Waals surface area (Å²) in [7, 11) is 0. The lowest BCUT2D eigenvalue weighted by atomic mass is 9.91. The Hall–Kier alpha value is -7.49. The number of hydrogen-bond acceptors (Lipinski definition) is 1. The van der Waals surface area contributed by atoms with Crippen LogP contribution in [0.2, 0.25) is 0 Å². The molecule has 10 aromatic carbocycles. The van der Waals surface area contributed by atoms with Crippen molar-refractivity contribution >= 4 is 97.5 Å². The third kappa shape index (κ3) is 3.98. The van der Waals surface area contributed by atoms with Gasteiger partial charge in [0.1, 0.15) is 5.82 Å². The van der Waals surface area contributed by atoms with Crippen molar-refractivity contribution < 1.29 is 0 Å². The predicted octanol–water partition coefficient (Wildman–Crippen LogP) is 14.1. The minimum absolute atomic E-state index is 0.919. The van der Waals surface area contributed by atoms with Gasteiger partial charge in [0.2, 0.25) is 0 Å². The maximum Gasteiger partial charge on any atom is 0.137 e. The molecule has 3 heterocycles. The second-order valence-corrected chi connectivity index (χ2v) is 15.1. The Labute approximate surface area is 321 Å². The Balaban J connectivity index is 1.04. The number of para-hydroxylation sites is 1. The van der Waals surface area contributed by atoms with Crippen molar-refractivity contribution in [3.63, 3.8) is 0 Å². The average molecular weight is 710 g/mol. The molecular formula is C53H31N3. The van der Waals surface area contributed by atoms with Crippen LogP contribution in [-0.4, -0.2) is 14.1 Å². The summed E-state index contributed by atoms with van der Waals surface area (Å²) in [6.45, 7) is 0. The Morgan fingerprint density at radius 2 is 0.946 bits per heavy atom. The van der Waals surface area contributed by atoms with Gasteiger partial charge in [0.15, 0.2) is 0 Å². The summed E-state index contributed by atoms with van der Waals surface area (Å²) in [5, 5.41) is 17.8. The van der Waals surface area contributed by atoms with E-state index in [1.807, 2.05) is 12.3 Å². The molecule has 3 aromatic heterocycles. The van der Waals surface area contributed by atoms with E-state index >= 15 is 0 Å². The molecule has 0 saturated heterocycles. The van der Waals surface area contributed by atoms with Crippen LogP contribution in [0.25, 0.3) is 120 Å². The van der Waals surface area contributed by atoms with Crippen molar-refractivity contribution in [3.8, 4) is 22.6 Å². The van der Waals surface area contributed by atoms with E-state index in [9.17, 15) is 0 Å². The van der Waals surface area contributed by atoms with Crippen LogP contribution in [-0.2, 0) is 0 Å². The molecule has 0 spiro atoms. The molecule has 0 fully saturated rings. The quantitative estimate of drug-likeness (QED) is 0.168. The van der Waals surface area contributed by atoms with Crippen molar-refractivity contribution in [1.82, 2.24) is 14.1 Å². The van der Waals surface area contributed by atoms with E-state index in [0.717, 1.165) is 22.5 Å². The maximum atomic E-state index is 4.83. The fraction of sp³-hybridized carbons (Fsp3) is 0. The largest absolute Gasteiger partial charge is 0.308 e. The number of benzene rings is 10. The van der Waals surface area contributed by atoms with Gasteiger partial charge >= 0.3 is 0 Å². The summed E-state index contributed by atoms with van der Waals surface area (Å²) in [6.07, 6.45) is 1.88. The summed E-state index contributed by atoms with van der Waals surface area (Å²) < 4.78 is 4.83. The highest BCUT2D eigenvalue weighted by Gasteiger charge is 2.24. The standard InChI is InChI=1S/C53H31N3/c1-2-13-41-39(11-1)40-12-3-4-14-42(40)45-30-36(24-26-43(41)45)33-20-21-35-29-38(25-23-34(35)28-33)55-47-17-9-10-32-19-22-37-31-48-52(53(55)51(37)50(32)47)44-15-5-6-16-46(44)56(48)49-18-7-8-27-54-49/h1-31H. The zero-order chi connectivity index (χ0) is 36.5. The summed E-state index contributed by atoms with van der Waals surface area (Å²) >= 11 is 0. The minimum Gasteiger partial charge on any atom is -0.308 e. The number of pyridine rings is 1. The van der Waals surface area contributed by atoms with E-state index in [0.29, 0.717) is 0 Å². The molecule has 56 heavy (non-hydrogen) atoms. The molecule has 0 amide bonds. The Bertz CT molecular complexity index is 3720. The fourth-order valence-corrected chi connectivity index (χ4v) is 9.84. The van der Waals surface area contributed by atoms with Gasteiger partial charge in [0.25, 0.3) is 0 Å². The topological polar surface area (TPSA) is 22.8 Å². The first-order chi connectivity index (χ1) is 27.8. The zero-order valence-corrected chi connectivity index (χ0v) is 30.2. The smallest absolute Gasteiger partial charge is 0.137 e. The summed E-state index contributed by atoms with van der Waals surface area (Å²) in [4.78, 5) is 4.83. The minimum atomic E-state index is 0.919. The van der Waals surface area contributed by atoms with Crippen molar-refractivity contribution in [3.05, 3.63) is 188 Å². The second kappa shape index (κ2) is 11.0. The summed E-state index contributed by atoms with van der Waals surface area (Å²) in [5.41, 5.74) is 8.37. The number of nitrogens with zero attached hydrogens (tertiary/aromatic N) is 3. The molecule has 0 unspecified atom stereocenters. The van der Waals surface area contributed by atoms with E-state index in [1.165, 1.54) is 97.6 Å². The molecule has 0 aliphatic rings. The molecule has 258 valence electrons. The molecule has 3 nitrogen and oxygen atoms in total. The first kappa shape index (κ1) is 29.9. The van der Waals surface area contributed by atoms with Crippen molar-refractivity contribution in [2.45, 2.75) is 0 Å². The van der Waals surface area contributed by atoms with Gasteiger partial charge in [-0.05, 0) is 120 Å². The molecule has 13 rings (SSSR count). The highest BCUT2D eigenvalue weighted by Crippen LogP contribution is 2.46. The van der Waals surface area contributed by atoms with E-state index in [4.69, 9.17) is 4.98 Å². The van der Waals surface area contributed by atoms with E-state index in [-0.39, 0.29) is 0 Å². The fourth-order valence-electron chi connectivity index (χ4n) is 9.84. The van der Waals surface area contributed by atoms with Gasteiger partial charge in [-0.15, -0.1) is 0 Å². The van der Waals surface area contributed by atoms with E-state index in [1.54, 1.807) is 0 Å². The van der Waals surface area contributed by atoms with Gasteiger partial charge < -0.3 is 4.57 Å².